The second-order valence-corrected chi connectivity index (χ2v) is 21.0. The Balaban J connectivity index is 1.24. The summed E-state index contributed by atoms with van der Waals surface area (Å²) in [5.74, 6) is 2.26. The number of hydrogen-bond acceptors (Lipinski definition) is 6. The summed E-state index contributed by atoms with van der Waals surface area (Å²) in [7, 11) is -4.21. The largest absolute Gasteiger partial charge is 0.438 e. The van der Waals surface area contributed by atoms with Crippen molar-refractivity contribution in [2.24, 2.45) is 0 Å². The van der Waals surface area contributed by atoms with E-state index >= 15 is 0 Å². The minimum Gasteiger partial charge on any atom is -0.438 e. The average molecular weight is 661 g/mol. The number of urea groups is 1. The van der Waals surface area contributed by atoms with Crippen LogP contribution in [0, 0.1) is 0 Å². The molecule has 0 fully saturated rings. The molecule has 0 saturated heterocycles. The fraction of sp³-hybridized carbons (Fsp3) is 0.167. The van der Waals surface area contributed by atoms with E-state index in [9.17, 15) is 9.36 Å². The normalized spacial score (nSPS) is 11.8. The molecular weight excluding hydrogens is 623 g/mol. The molecule has 6 aromatic rings. The van der Waals surface area contributed by atoms with Gasteiger partial charge >= 0.3 is 6.03 Å². The first-order chi connectivity index (χ1) is 22.4. The third kappa shape index (κ3) is 7.51. The van der Waals surface area contributed by atoms with Gasteiger partial charge in [0.25, 0.3) is 0 Å². The van der Waals surface area contributed by atoms with Gasteiger partial charge in [-0.3, -0.25) is 5.32 Å². The van der Waals surface area contributed by atoms with Gasteiger partial charge in [0.2, 0.25) is 5.88 Å². The van der Waals surface area contributed by atoms with Crippen molar-refractivity contribution in [3.05, 3.63) is 121 Å². The number of ether oxygens (including phenoxy) is 1. The third-order valence-corrected chi connectivity index (χ3v) is 11.0. The van der Waals surface area contributed by atoms with Crippen LogP contribution in [0.5, 0.6) is 11.6 Å². The van der Waals surface area contributed by atoms with Gasteiger partial charge in [-0.1, -0.05) is 74.2 Å². The maximum absolute atomic E-state index is 13.5. The smallest absolute Gasteiger partial charge is 0.324 e. The number of nitrogens with one attached hydrogen (secondary N) is 2. The average Bonchev–Trinajstić information content (AvgIpc) is 3.47. The molecule has 2 amide bonds. The standard InChI is InChI=1S/C36H37N6O3PSi/c1-46(2,44)27-17-15-26(16-18-27)42-33(24-35(41-42)47(3,4)5)40-36(43)38-30-19-20-31(29-14-10-9-13-28(29)30)45-34-21-22-37-32(39-34)23-25-11-7-6-8-12-25/h6-22,24H,23H2,1-5H3,(H2,38,40,43). The highest BCUT2D eigenvalue weighted by molar-refractivity contribution is 7.70. The third-order valence-electron chi connectivity index (χ3n) is 7.67. The van der Waals surface area contributed by atoms with E-state index in [-0.39, 0.29) is 0 Å². The van der Waals surface area contributed by atoms with Gasteiger partial charge in [-0.25, -0.2) is 14.5 Å². The Morgan fingerprint density at radius 1 is 0.851 bits per heavy atom. The molecule has 6 rings (SSSR count). The molecule has 0 aliphatic heterocycles. The second kappa shape index (κ2) is 13.0. The Bertz CT molecular complexity index is 2100. The molecule has 4 aromatic carbocycles. The van der Waals surface area contributed by atoms with Gasteiger partial charge in [-0.15, -0.1) is 0 Å². The zero-order valence-corrected chi connectivity index (χ0v) is 29.0. The van der Waals surface area contributed by atoms with Gasteiger partial charge in [0.1, 0.15) is 32.6 Å². The molecule has 9 nitrogen and oxygen atoms in total. The van der Waals surface area contributed by atoms with Crippen LogP contribution in [0.4, 0.5) is 16.3 Å². The zero-order chi connectivity index (χ0) is 33.2. The zero-order valence-electron chi connectivity index (χ0n) is 27.1. The van der Waals surface area contributed by atoms with Crippen molar-refractivity contribution in [2.45, 2.75) is 26.1 Å². The number of carbonyl (C=O) groups excluding carboxylic acids is 1. The predicted octanol–water partition coefficient (Wildman–Crippen LogP) is 7.64. The summed E-state index contributed by atoms with van der Waals surface area (Å²) in [5.41, 5.74) is 2.51. The van der Waals surface area contributed by atoms with E-state index in [1.807, 2.05) is 97.1 Å². The minimum atomic E-state index is -2.40. The Morgan fingerprint density at radius 2 is 1.55 bits per heavy atom. The lowest BCUT2D eigenvalue weighted by Gasteiger charge is -2.14. The van der Waals surface area contributed by atoms with Gasteiger partial charge < -0.3 is 14.6 Å². The fourth-order valence-corrected chi connectivity index (χ4v) is 6.98. The van der Waals surface area contributed by atoms with Crippen LogP contribution in [-0.2, 0) is 11.0 Å². The summed E-state index contributed by atoms with van der Waals surface area (Å²) < 4.78 is 20.6. The Morgan fingerprint density at radius 3 is 2.26 bits per heavy atom. The van der Waals surface area contributed by atoms with Crippen molar-refractivity contribution in [1.82, 2.24) is 19.7 Å². The molecule has 0 spiro atoms. The second-order valence-electron chi connectivity index (χ2n) is 12.8. The van der Waals surface area contributed by atoms with Gasteiger partial charge in [0.15, 0.2) is 0 Å². The van der Waals surface area contributed by atoms with Gasteiger partial charge in [0.05, 0.1) is 11.4 Å². The van der Waals surface area contributed by atoms with E-state index in [1.165, 1.54) is 0 Å². The van der Waals surface area contributed by atoms with Crippen LogP contribution >= 0.6 is 7.14 Å². The van der Waals surface area contributed by atoms with Crippen LogP contribution in [0.15, 0.2) is 109 Å². The molecule has 238 valence electrons. The number of anilines is 2. The first kappa shape index (κ1) is 31.9. The van der Waals surface area contributed by atoms with Crippen molar-refractivity contribution in [3.8, 4) is 17.3 Å². The monoisotopic (exact) mass is 660 g/mol. The Hall–Kier alpha value is -5.05. The lowest BCUT2D eigenvalue weighted by molar-refractivity contribution is 0.262. The van der Waals surface area contributed by atoms with Crippen molar-refractivity contribution in [1.29, 1.82) is 0 Å². The molecular formula is C36H37N6O3PSi. The van der Waals surface area contributed by atoms with E-state index in [0.29, 0.717) is 35.4 Å². The summed E-state index contributed by atoms with van der Waals surface area (Å²) in [6, 6.07) is 32.2. The lowest BCUT2D eigenvalue weighted by atomic mass is 10.1. The first-order valence-corrected chi connectivity index (χ1v) is 21.4. The maximum atomic E-state index is 13.5. The fourth-order valence-electron chi connectivity index (χ4n) is 5.14. The highest BCUT2D eigenvalue weighted by Crippen LogP contribution is 2.35. The van der Waals surface area contributed by atoms with Crippen molar-refractivity contribution in [3.63, 3.8) is 0 Å². The molecule has 47 heavy (non-hydrogen) atoms. The van der Waals surface area contributed by atoms with Gasteiger partial charge in [-0.2, -0.15) is 10.1 Å². The van der Waals surface area contributed by atoms with Gasteiger partial charge in [-0.05, 0) is 61.4 Å². The molecule has 2 heterocycles. The molecule has 0 aliphatic carbocycles. The molecule has 0 atom stereocenters. The molecule has 2 N–H and O–H groups in total. The van der Waals surface area contributed by atoms with Crippen molar-refractivity contribution >= 4 is 54.1 Å². The molecule has 0 radical (unpaired) electrons. The number of benzene rings is 4. The van der Waals surface area contributed by atoms with E-state index < -0.39 is 21.2 Å². The Kier molecular flexibility index (Phi) is 8.81. The minimum absolute atomic E-state index is 0.406. The Labute approximate surface area is 275 Å². The van der Waals surface area contributed by atoms with E-state index in [0.717, 1.165) is 32.6 Å². The summed E-state index contributed by atoms with van der Waals surface area (Å²) in [6.07, 6.45) is 2.29. The van der Waals surface area contributed by atoms with E-state index in [1.54, 1.807) is 30.3 Å². The number of aromatic nitrogens is 4. The van der Waals surface area contributed by atoms with Crippen LogP contribution in [0.3, 0.4) is 0 Å². The van der Waals surface area contributed by atoms with Crippen LogP contribution in [0.25, 0.3) is 16.5 Å². The number of hydrogen-bond donors (Lipinski definition) is 2. The summed E-state index contributed by atoms with van der Waals surface area (Å²) in [6.45, 7) is 10.1. The van der Waals surface area contributed by atoms with Crippen LogP contribution in [-0.4, -0.2) is 47.2 Å². The lowest BCUT2D eigenvalue weighted by Crippen LogP contribution is -2.39. The number of nitrogens with zero attached hydrogens (tertiary/aromatic N) is 4. The van der Waals surface area contributed by atoms with Crippen molar-refractivity contribution < 1.29 is 14.1 Å². The molecule has 0 unspecified atom stereocenters. The quantitative estimate of drug-likeness (QED) is 0.122. The predicted molar refractivity (Wildman–Crippen MR) is 194 cm³/mol. The van der Waals surface area contributed by atoms with E-state index in [4.69, 9.17) is 9.84 Å². The maximum Gasteiger partial charge on any atom is 0.324 e. The summed E-state index contributed by atoms with van der Waals surface area (Å²) >= 11 is 0. The van der Waals surface area contributed by atoms with E-state index in [2.05, 4.69) is 40.2 Å². The number of carbonyl (C=O) groups is 1. The highest BCUT2D eigenvalue weighted by atomic mass is 31.2. The molecule has 11 heteroatoms. The topological polar surface area (TPSA) is 111 Å². The molecule has 0 bridgehead atoms. The van der Waals surface area contributed by atoms with Crippen LogP contribution in [0.2, 0.25) is 19.6 Å². The number of rotatable bonds is 9. The van der Waals surface area contributed by atoms with Crippen LogP contribution < -0.4 is 26.0 Å². The van der Waals surface area contributed by atoms with Crippen LogP contribution in [0.1, 0.15) is 11.4 Å². The molecule has 0 saturated carbocycles. The highest BCUT2D eigenvalue weighted by Gasteiger charge is 2.24. The molecule has 2 aromatic heterocycles. The SMILES string of the molecule is C[Si](C)(C)c1cc(NC(=O)Nc2ccc(Oc3ccnc(Cc4ccccc4)n3)c3ccccc23)n(-c2ccc(P(C)(C)=O)cc2)n1. The summed E-state index contributed by atoms with van der Waals surface area (Å²) in [4.78, 5) is 22.5. The summed E-state index contributed by atoms with van der Waals surface area (Å²) in [5, 5.41) is 14.3. The number of amides is 2. The van der Waals surface area contributed by atoms with Crippen molar-refractivity contribution in [2.75, 3.05) is 24.0 Å². The van der Waals surface area contributed by atoms with Gasteiger partial charge in [0, 0.05) is 40.1 Å². The number of fused-ring (bicyclic) bond motifs is 1. The first-order valence-electron chi connectivity index (χ1n) is 15.3. The molecule has 0 aliphatic rings.